The van der Waals surface area contributed by atoms with Crippen molar-refractivity contribution in [2.24, 2.45) is 44.8 Å². The number of nitrogens with one attached hydrogen (secondary N) is 3. The van der Waals surface area contributed by atoms with Gasteiger partial charge in [0.25, 0.3) is 0 Å². The molecule has 0 aromatic heterocycles. The Kier molecular flexibility index (Phi) is 6.46. The molecule has 218 valence electrons. The van der Waals surface area contributed by atoms with Crippen LogP contribution in [0.4, 0.5) is 4.79 Å². The first-order chi connectivity index (χ1) is 18.0. The fourth-order valence-electron chi connectivity index (χ4n) is 11.1. The summed E-state index contributed by atoms with van der Waals surface area (Å²) in [5.74, 6) is 0.871. The Labute approximate surface area is 234 Å². The van der Waals surface area contributed by atoms with Gasteiger partial charge in [-0.3, -0.25) is 14.8 Å². The molecular weight excluding hydrogens is 490 g/mol. The summed E-state index contributed by atoms with van der Waals surface area (Å²) in [6.45, 7) is 17.9. The minimum Gasteiger partial charge on any atom is -0.353 e. The molecule has 0 aromatic carbocycles. The molecule has 4 fully saturated rings. The molecule has 0 bridgehead atoms. The molecule has 0 aliphatic heterocycles. The number of allylic oxidation sites excluding steroid dienone is 2. The summed E-state index contributed by atoms with van der Waals surface area (Å²) in [4.78, 5) is 38.6. The number of amides is 3. The average Bonchev–Trinajstić information content (AvgIpc) is 2.83. The van der Waals surface area contributed by atoms with Crippen LogP contribution >= 0.6 is 0 Å². The van der Waals surface area contributed by atoms with E-state index < -0.39 is 11.6 Å². The van der Waals surface area contributed by atoms with Crippen molar-refractivity contribution in [1.82, 2.24) is 16.1 Å². The van der Waals surface area contributed by atoms with Gasteiger partial charge in [0.15, 0.2) is 5.78 Å². The molecule has 0 aromatic rings. The molecule has 5 aliphatic rings. The van der Waals surface area contributed by atoms with Gasteiger partial charge >= 0.3 is 6.03 Å². The van der Waals surface area contributed by atoms with E-state index in [-0.39, 0.29) is 50.9 Å². The Morgan fingerprint density at radius 3 is 2.23 bits per heavy atom. The van der Waals surface area contributed by atoms with Crippen LogP contribution in [0.15, 0.2) is 11.6 Å². The molecular formula is C32H51N3O4. The van der Waals surface area contributed by atoms with Gasteiger partial charge in [0.2, 0.25) is 5.91 Å². The Morgan fingerprint density at radius 2 is 1.59 bits per heavy atom. The van der Waals surface area contributed by atoms with Crippen molar-refractivity contribution >= 4 is 17.7 Å². The number of hydrogen-bond acceptors (Lipinski definition) is 4. The maximum atomic E-state index is 14.5. The van der Waals surface area contributed by atoms with Gasteiger partial charge in [-0.05, 0) is 110 Å². The number of hydrogen-bond donors (Lipinski definition) is 4. The Balaban J connectivity index is 1.54. The van der Waals surface area contributed by atoms with E-state index in [0.29, 0.717) is 11.7 Å². The standard InChI is InChI=1S/C32H51N3O4/c1-19(36)33-24-10-11-30(6)23(27(24,2)3)9-12-32(8)25(30)22(37)17-20-21-18-29(5,34-26(38)35-39)15-13-28(21,4)14-16-31(20,32)7/h17,21,23-25,39H,9-16,18H2,1-8H3,(H,33,36)(H2,34,35,38)/t21-,23-,24-,25+,28+,29-,30-,31+,32+/m0/s1. The predicted octanol–water partition coefficient (Wildman–Crippen LogP) is 5.91. The van der Waals surface area contributed by atoms with Crippen molar-refractivity contribution in [3.63, 3.8) is 0 Å². The quantitative estimate of drug-likeness (QED) is 0.257. The number of hydroxylamine groups is 1. The van der Waals surface area contributed by atoms with E-state index >= 15 is 0 Å². The van der Waals surface area contributed by atoms with Crippen LogP contribution in [0.1, 0.15) is 113 Å². The first-order valence-corrected chi connectivity index (χ1v) is 15.2. The zero-order valence-electron chi connectivity index (χ0n) is 25.4. The van der Waals surface area contributed by atoms with Crippen molar-refractivity contribution in [2.45, 2.75) is 125 Å². The topological polar surface area (TPSA) is 108 Å². The normalized spacial score (nSPS) is 48.3. The molecule has 0 radical (unpaired) electrons. The van der Waals surface area contributed by atoms with Crippen LogP contribution in [0.2, 0.25) is 0 Å². The summed E-state index contributed by atoms with van der Waals surface area (Å²) >= 11 is 0. The monoisotopic (exact) mass is 541 g/mol. The van der Waals surface area contributed by atoms with Crippen LogP contribution < -0.4 is 16.1 Å². The maximum Gasteiger partial charge on any atom is 0.338 e. The fourth-order valence-corrected chi connectivity index (χ4v) is 11.1. The molecule has 39 heavy (non-hydrogen) atoms. The highest BCUT2D eigenvalue weighted by Gasteiger charge is 2.70. The third-order valence-electron chi connectivity index (χ3n) is 13.5. The molecule has 7 heteroatoms. The number of carbonyl (C=O) groups excluding carboxylic acids is 3. The van der Waals surface area contributed by atoms with Gasteiger partial charge in [-0.25, -0.2) is 10.3 Å². The molecule has 9 atom stereocenters. The van der Waals surface area contributed by atoms with Crippen molar-refractivity contribution in [3.8, 4) is 0 Å². The van der Waals surface area contributed by atoms with E-state index in [1.54, 1.807) is 12.4 Å². The molecule has 4 saturated carbocycles. The van der Waals surface area contributed by atoms with Crippen LogP contribution in [-0.4, -0.2) is 34.5 Å². The molecule has 5 aliphatic carbocycles. The fraction of sp³-hybridized carbons (Fsp3) is 0.844. The highest BCUT2D eigenvalue weighted by molar-refractivity contribution is 5.95. The lowest BCUT2D eigenvalue weighted by atomic mass is 9.33. The SMILES string of the molecule is CC(=O)N[C@H]1CC[C@]2(C)[C@H]3C(=O)C=C4[C@@H]5C[C@@](C)(NC(=O)NO)CC[C@]5(C)CC[C@@]4(C)[C@]3(C)CC[C@H]2C1(C)C. The Hall–Kier alpha value is -1.89. The Bertz CT molecular complexity index is 1120. The first-order valence-electron chi connectivity index (χ1n) is 15.2. The van der Waals surface area contributed by atoms with Crippen LogP contribution in [-0.2, 0) is 9.59 Å². The van der Waals surface area contributed by atoms with Gasteiger partial charge in [-0.15, -0.1) is 0 Å². The molecule has 0 spiro atoms. The summed E-state index contributed by atoms with van der Waals surface area (Å²) in [7, 11) is 0. The number of ketones is 1. The molecule has 0 heterocycles. The smallest absolute Gasteiger partial charge is 0.338 e. The Morgan fingerprint density at radius 1 is 0.923 bits per heavy atom. The zero-order chi connectivity index (χ0) is 28.8. The van der Waals surface area contributed by atoms with E-state index in [1.165, 1.54) is 5.57 Å². The van der Waals surface area contributed by atoms with E-state index in [9.17, 15) is 14.4 Å². The molecule has 5 rings (SSSR count). The summed E-state index contributed by atoms with van der Waals surface area (Å²) < 4.78 is 0. The summed E-state index contributed by atoms with van der Waals surface area (Å²) in [5.41, 5.74) is 2.30. The lowest BCUT2D eigenvalue weighted by molar-refractivity contribution is -0.188. The van der Waals surface area contributed by atoms with E-state index in [0.717, 1.165) is 57.8 Å². The largest absolute Gasteiger partial charge is 0.353 e. The van der Waals surface area contributed by atoms with Crippen LogP contribution in [0.3, 0.4) is 0 Å². The number of rotatable bonds is 2. The van der Waals surface area contributed by atoms with Crippen molar-refractivity contribution < 1.29 is 19.6 Å². The van der Waals surface area contributed by atoms with Crippen LogP contribution in [0.25, 0.3) is 0 Å². The minimum absolute atomic E-state index is 0.0295. The number of fused-ring (bicyclic) bond motifs is 7. The third kappa shape index (κ3) is 3.95. The highest BCUT2D eigenvalue weighted by Crippen LogP contribution is 2.74. The summed E-state index contributed by atoms with van der Waals surface area (Å²) in [5, 5.41) is 15.4. The predicted molar refractivity (Wildman–Crippen MR) is 151 cm³/mol. The van der Waals surface area contributed by atoms with E-state index in [4.69, 9.17) is 5.21 Å². The summed E-state index contributed by atoms with van der Waals surface area (Å²) in [6.07, 6.45) is 10.8. The molecule has 3 amide bonds. The highest BCUT2D eigenvalue weighted by atomic mass is 16.5. The van der Waals surface area contributed by atoms with Gasteiger partial charge in [0, 0.05) is 24.4 Å². The summed E-state index contributed by atoms with van der Waals surface area (Å²) in [6, 6.07) is -0.430. The van der Waals surface area contributed by atoms with Gasteiger partial charge in [-0.1, -0.05) is 47.1 Å². The van der Waals surface area contributed by atoms with Gasteiger partial charge in [0.1, 0.15) is 0 Å². The van der Waals surface area contributed by atoms with E-state index in [2.05, 4.69) is 65.2 Å². The van der Waals surface area contributed by atoms with Crippen LogP contribution in [0.5, 0.6) is 0 Å². The van der Waals surface area contributed by atoms with Gasteiger partial charge in [0.05, 0.1) is 0 Å². The van der Waals surface area contributed by atoms with Crippen LogP contribution in [0, 0.1) is 44.8 Å². The maximum absolute atomic E-state index is 14.5. The van der Waals surface area contributed by atoms with E-state index in [1.807, 2.05) is 0 Å². The number of urea groups is 1. The zero-order valence-corrected chi connectivity index (χ0v) is 25.4. The number of carbonyl (C=O) groups is 3. The van der Waals surface area contributed by atoms with Crippen molar-refractivity contribution in [1.29, 1.82) is 0 Å². The minimum atomic E-state index is -0.566. The first kappa shape index (κ1) is 28.6. The second kappa shape index (κ2) is 8.80. The van der Waals surface area contributed by atoms with Gasteiger partial charge in [-0.2, -0.15) is 0 Å². The molecule has 7 nitrogen and oxygen atoms in total. The third-order valence-corrected chi connectivity index (χ3v) is 13.5. The second-order valence-electron chi connectivity index (χ2n) is 15.9. The van der Waals surface area contributed by atoms with Gasteiger partial charge < -0.3 is 10.6 Å². The molecule has 4 N–H and O–H groups in total. The average molecular weight is 542 g/mol. The second-order valence-corrected chi connectivity index (χ2v) is 15.9. The lowest BCUT2D eigenvalue weighted by Crippen LogP contribution is -2.68. The van der Waals surface area contributed by atoms with Crippen molar-refractivity contribution in [3.05, 3.63) is 11.6 Å². The van der Waals surface area contributed by atoms with Crippen molar-refractivity contribution in [2.75, 3.05) is 0 Å². The molecule has 0 saturated heterocycles. The lowest BCUT2D eigenvalue weighted by Gasteiger charge is -2.70. The molecule has 0 unspecified atom stereocenters.